The summed E-state index contributed by atoms with van der Waals surface area (Å²) >= 11 is 19.4. The quantitative estimate of drug-likeness (QED) is 0.460. The van der Waals surface area contributed by atoms with Crippen molar-refractivity contribution >= 4 is 52.4 Å². The van der Waals surface area contributed by atoms with Crippen LogP contribution in [0.25, 0.3) is 0 Å². The number of anilines is 1. The van der Waals surface area contributed by atoms with Gasteiger partial charge in [-0.05, 0) is 18.2 Å². The third-order valence-electron chi connectivity index (χ3n) is 2.29. The number of benzene rings is 1. The Balaban J connectivity index is 1.85. The molecule has 0 aliphatic carbocycles. The van der Waals surface area contributed by atoms with Crippen molar-refractivity contribution in [1.82, 2.24) is 4.98 Å². The standard InChI is InChI=1S/C13H11Cl3N2S/c14-10-8-11(15)13(18-12(10)16)17-6-7-19-9-4-2-1-3-5-9/h1-5,8H,6-7H2,(H,17,18). The molecule has 100 valence electrons. The highest BCUT2D eigenvalue weighted by molar-refractivity contribution is 7.99. The Morgan fingerprint density at radius 1 is 1.05 bits per heavy atom. The minimum Gasteiger partial charge on any atom is -0.368 e. The third-order valence-corrected chi connectivity index (χ3v) is 4.27. The van der Waals surface area contributed by atoms with Crippen molar-refractivity contribution in [3.63, 3.8) is 0 Å². The highest BCUT2D eigenvalue weighted by Gasteiger charge is 2.07. The van der Waals surface area contributed by atoms with Crippen molar-refractivity contribution in [1.29, 1.82) is 0 Å². The fourth-order valence-corrected chi connectivity index (χ4v) is 2.78. The Morgan fingerprint density at radius 2 is 1.79 bits per heavy atom. The van der Waals surface area contributed by atoms with Crippen LogP contribution in [0.15, 0.2) is 41.3 Å². The molecular weight excluding hydrogens is 323 g/mol. The van der Waals surface area contributed by atoms with Crippen molar-refractivity contribution in [2.45, 2.75) is 4.90 Å². The van der Waals surface area contributed by atoms with Crippen LogP contribution in [0.3, 0.4) is 0 Å². The molecule has 0 unspecified atom stereocenters. The normalized spacial score (nSPS) is 10.5. The molecule has 0 aliphatic rings. The molecule has 0 saturated heterocycles. The largest absolute Gasteiger partial charge is 0.368 e. The van der Waals surface area contributed by atoms with Gasteiger partial charge in [-0.1, -0.05) is 53.0 Å². The van der Waals surface area contributed by atoms with E-state index in [0.717, 1.165) is 12.3 Å². The van der Waals surface area contributed by atoms with Gasteiger partial charge in [0, 0.05) is 17.2 Å². The maximum Gasteiger partial charge on any atom is 0.150 e. The van der Waals surface area contributed by atoms with Gasteiger partial charge in [-0.2, -0.15) is 0 Å². The van der Waals surface area contributed by atoms with Crippen LogP contribution >= 0.6 is 46.6 Å². The number of hydrogen-bond donors (Lipinski definition) is 1. The topological polar surface area (TPSA) is 24.9 Å². The van der Waals surface area contributed by atoms with E-state index in [1.54, 1.807) is 17.8 Å². The Labute approximate surface area is 131 Å². The summed E-state index contributed by atoms with van der Waals surface area (Å²) in [6.45, 7) is 0.740. The highest BCUT2D eigenvalue weighted by Crippen LogP contribution is 2.28. The lowest BCUT2D eigenvalue weighted by Gasteiger charge is -2.08. The first-order valence-corrected chi connectivity index (χ1v) is 7.72. The molecule has 2 rings (SSSR count). The molecule has 6 heteroatoms. The summed E-state index contributed by atoms with van der Waals surface area (Å²) < 4.78 is 0. The molecule has 0 spiro atoms. The first-order chi connectivity index (χ1) is 9.16. The van der Waals surface area contributed by atoms with Crippen LogP contribution in [0.4, 0.5) is 5.82 Å². The predicted molar refractivity (Wildman–Crippen MR) is 84.9 cm³/mol. The summed E-state index contributed by atoms with van der Waals surface area (Å²) in [6, 6.07) is 11.8. The molecule has 0 fully saturated rings. The first-order valence-electron chi connectivity index (χ1n) is 5.60. The van der Waals surface area contributed by atoms with Gasteiger partial charge < -0.3 is 5.32 Å². The lowest BCUT2D eigenvalue weighted by Crippen LogP contribution is -2.06. The van der Waals surface area contributed by atoms with Gasteiger partial charge in [-0.15, -0.1) is 11.8 Å². The second kappa shape index (κ2) is 7.25. The van der Waals surface area contributed by atoms with E-state index in [0.29, 0.717) is 15.9 Å². The summed E-state index contributed by atoms with van der Waals surface area (Å²) in [7, 11) is 0. The third kappa shape index (κ3) is 4.46. The maximum absolute atomic E-state index is 6.02. The van der Waals surface area contributed by atoms with Crippen molar-refractivity contribution in [3.8, 4) is 0 Å². The van der Waals surface area contributed by atoms with Gasteiger partial charge in [0.1, 0.15) is 11.0 Å². The number of halogens is 3. The molecule has 1 N–H and O–H groups in total. The lowest BCUT2D eigenvalue weighted by atomic mass is 10.4. The molecule has 0 saturated carbocycles. The molecule has 1 aromatic heterocycles. The summed E-state index contributed by atoms with van der Waals surface area (Å²) in [5.74, 6) is 1.46. The summed E-state index contributed by atoms with van der Waals surface area (Å²) in [6.07, 6.45) is 0. The van der Waals surface area contributed by atoms with Crippen LogP contribution in [-0.4, -0.2) is 17.3 Å². The fourth-order valence-electron chi connectivity index (χ4n) is 1.42. The molecule has 1 heterocycles. The van der Waals surface area contributed by atoms with Gasteiger partial charge >= 0.3 is 0 Å². The van der Waals surface area contributed by atoms with E-state index in [1.165, 1.54) is 4.90 Å². The van der Waals surface area contributed by atoms with Crippen LogP contribution < -0.4 is 5.32 Å². The minimum absolute atomic E-state index is 0.254. The Hall–Kier alpha value is -0.610. The Bertz CT molecular complexity index is 549. The van der Waals surface area contributed by atoms with Gasteiger partial charge in [0.25, 0.3) is 0 Å². The zero-order valence-electron chi connectivity index (χ0n) is 9.87. The highest BCUT2D eigenvalue weighted by atomic mass is 35.5. The smallest absolute Gasteiger partial charge is 0.150 e. The van der Waals surface area contributed by atoms with Crippen LogP contribution in [0, 0.1) is 0 Å². The molecule has 0 amide bonds. The molecule has 0 radical (unpaired) electrons. The van der Waals surface area contributed by atoms with Crippen LogP contribution in [0.1, 0.15) is 0 Å². The molecular formula is C13H11Cl3N2S. The molecule has 0 atom stereocenters. The van der Waals surface area contributed by atoms with Crippen molar-refractivity contribution in [3.05, 3.63) is 51.6 Å². The fraction of sp³-hybridized carbons (Fsp3) is 0.154. The van der Waals surface area contributed by atoms with Crippen molar-refractivity contribution in [2.75, 3.05) is 17.6 Å². The monoisotopic (exact) mass is 332 g/mol. The Morgan fingerprint density at radius 3 is 2.53 bits per heavy atom. The van der Waals surface area contributed by atoms with Crippen molar-refractivity contribution < 1.29 is 0 Å². The van der Waals surface area contributed by atoms with E-state index in [9.17, 15) is 0 Å². The molecule has 1 aromatic carbocycles. The van der Waals surface area contributed by atoms with Gasteiger partial charge in [-0.3, -0.25) is 0 Å². The first kappa shape index (κ1) is 14.8. The number of nitrogens with zero attached hydrogens (tertiary/aromatic N) is 1. The number of hydrogen-bond acceptors (Lipinski definition) is 3. The second-order valence-electron chi connectivity index (χ2n) is 3.68. The van der Waals surface area contributed by atoms with Gasteiger partial charge in [0.05, 0.1) is 10.0 Å². The molecule has 0 bridgehead atoms. The van der Waals surface area contributed by atoms with Crippen LogP contribution in [-0.2, 0) is 0 Å². The van der Waals surface area contributed by atoms with Crippen LogP contribution in [0.2, 0.25) is 15.2 Å². The van der Waals surface area contributed by atoms with E-state index < -0.39 is 0 Å². The lowest BCUT2D eigenvalue weighted by molar-refractivity contribution is 1.17. The molecule has 0 aliphatic heterocycles. The summed E-state index contributed by atoms with van der Waals surface area (Å²) in [4.78, 5) is 5.33. The Kier molecular flexibility index (Phi) is 5.64. The SMILES string of the molecule is Clc1cc(Cl)c(NCCSc2ccccc2)nc1Cl. The number of nitrogens with one attached hydrogen (secondary N) is 1. The maximum atomic E-state index is 6.02. The average Bonchev–Trinajstić information content (AvgIpc) is 2.41. The van der Waals surface area contributed by atoms with E-state index >= 15 is 0 Å². The van der Waals surface area contributed by atoms with Gasteiger partial charge in [-0.25, -0.2) is 4.98 Å². The number of rotatable bonds is 5. The van der Waals surface area contributed by atoms with Gasteiger partial charge in [0.2, 0.25) is 0 Å². The van der Waals surface area contributed by atoms with E-state index in [-0.39, 0.29) is 5.15 Å². The molecule has 2 aromatic rings. The van der Waals surface area contributed by atoms with Crippen LogP contribution in [0.5, 0.6) is 0 Å². The number of pyridine rings is 1. The second-order valence-corrected chi connectivity index (χ2v) is 6.02. The predicted octanol–water partition coefficient (Wildman–Crippen LogP) is 5.25. The average molecular weight is 334 g/mol. The van der Waals surface area contributed by atoms with Gasteiger partial charge in [0.15, 0.2) is 0 Å². The number of aromatic nitrogens is 1. The zero-order valence-corrected chi connectivity index (χ0v) is 13.0. The molecule has 2 nitrogen and oxygen atoms in total. The van der Waals surface area contributed by atoms with E-state index in [1.807, 2.05) is 18.2 Å². The van der Waals surface area contributed by atoms with E-state index in [4.69, 9.17) is 34.8 Å². The zero-order chi connectivity index (χ0) is 13.7. The summed E-state index contributed by atoms with van der Waals surface area (Å²) in [5, 5.41) is 4.23. The summed E-state index contributed by atoms with van der Waals surface area (Å²) in [5.41, 5.74) is 0. The van der Waals surface area contributed by atoms with E-state index in [2.05, 4.69) is 22.4 Å². The van der Waals surface area contributed by atoms with Crippen molar-refractivity contribution in [2.24, 2.45) is 0 Å². The minimum atomic E-state index is 0.254. The molecule has 19 heavy (non-hydrogen) atoms. The number of thioether (sulfide) groups is 1.